The normalized spacial score (nSPS) is 16.5. The first-order chi connectivity index (χ1) is 66.8. The van der Waals surface area contributed by atoms with Gasteiger partial charge in [-0.15, -0.1) is 0 Å². The highest BCUT2D eigenvalue weighted by Crippen LogP contribution is 2.35. The van der Waals surface area contributed by atoms with Crippen LogP contribution in [0.15, 0.2) is 122 Å². The molecule has 0 radical (unpaired) electrons. The molecule has 0 aromatic heterocycles. The first-order valence-electron chi connectivity index (χ1n) is 53.3. The van der Waals surface area contributed by atoms with Crippen LogP contribution in [0.4, 0.5) is 0 Å². The lowest BCUT2D eigenvalue weighted by atomic mass is 9.78. The van der Waals surface area contributed by atoms with E-state index in [0.717, 1.165) is 108 Å². The van der Waals surface area contributed by atoms with Crippen molar-refractivity contribution >= 4 is 106 Å². The van der Waals surface area contributed by atoms with E-state index in [-0.39, 0.29) is 112 Å². The van der Waals surface area contributed by atoms with Gasteiger partial charge in [-0.05, 0) is 102 Å². The Morgan fingerprint density at radius 1 is 0.174 bits per heavy atom. The minimum Gasteiger partial charge on any atom is -0.276 e. The van der Waals surface area contributed by atoms with E-state index in [2.05, 4.69) is 32.9 Å². The van der Waals surface area contributed by atoms with E-state index in [9.17, 15) is 86.3 Å². The van der Waals surface area contributed by atoms with Crippen molar-refractivity contribution in [3.8, 4) is 0 Å². The summed E-state index contributed by atoms with van der Waals surface area (Å²) in [7, 11) is 0. The van der Waals surface area contributed by atoms with Gasteiger partial charge < -0.3 is 0 Å². The fourth-order valence-corrected chi connectivity index (χ4v) is 18.0. The van der Waals surface area contributed by atoms with Gasteiger partial charge in [-0.1, -0.05) is 322 Å². The number of allylic oxidation sites excluding steroid dienone is 2. The molecule has 27 nitrogen and oxygen atoms in total. The summed E-state index contributed by atoms with van der Waals surface area (Å²) in [6.45, 7) is 16.7. The first kappa shape index (κ1) is 120. The van der Waals surface area contributed by atoms with E-state index >= 15 is 0 Å². The van der Waals surface area contributed by atoms with Gasteiger partial charge in [0, 0.05) is 168 Å². The molecule has 0 bridgehead atoms. The highest BCUT2D eigenvalue weighted by Gasteiger charge is 2.31. The molecule has 0 fully saturated rings. The number of hydrogen-bond acceptors (Lipinski definition) is 18. The zero-order valence-corrected chi connectivity index (χ0v) is 84.9. The van der Waals surface area contributed by atoms with Crippen LogP contribution in [-0.4, -0.2) is 209 Å². The highest BCUT2D eigenvalue weighted by atomic mass is 16.2. The Hall–Kier alpha value is -10.3. The van der Waals surface area contributed by atoms with E-state index in [0.29, 0.717) is 65.3 Å². The molecule has 0 aromatic rings. The van der Waals surface area contributed by atoms with Crippen LogP contribution in [0.25, 0.3) is 0 Å². The summed E-state index contributed by atoms with van der Waals surface area (Å²) in [5, 5.41) is 0. The monoisotopic (exact) mass is 1920 g/mol. The molecular weight excluding hydrogens is 1750 g/mol. The predicted molar refractivity (Wildman–Crippen MR) is 540 cm³/mol. The number of carbonyl (C=O) groups is 18. The number of nitrogens with zero attached hydrogens (tertiary/aromatic N) is 9. The fourth-order valence-electron chi connectivity index (χ4n) is 18.0. The summed E-state index contributed by atoms with van der Waals surface area (Å²) < 4.78 is 0. The van der Waals surface area contributed by atoms with Crippen LogP contribution in [0.5, 0.6) is 0 Å². The fraction of sp³-hybridized carbons (Fsp3) is 0.658. The van der Waals surface area contributed by atoms with Crippen LogP contribution >= 0.6 is 0 Å². The minimum absolute atomic E-state index is 0.128. The lowest BCUT2D eigenvalue weighted by molar-refractivity contribution is -0.139. The molecule has 3 unspecified atom stereocenters. The molecule has 9 rings (SSSR count). The Kier molecular flexibility index (Phi) is 64.9. The van der Waals surface area contributed by atoms with E-state index in [1.807, 2.05) is 6.92 Å². The van der Waals surface area contributed by atoms with Crippen LogP contribution < -0.4 is 0 Å². The van der Waals surface area contributed by atoms with E-state index < -0.39 is 0 Å². The molecule has 9 aliphatic heterocycles. The van der Waals surface area contributed by atoms with Crippen LogP contribution in [0.1, 0.15) is 395 Å². The SMILES string of the molecule is CC(CCCN1C(=O)C=CC1=O)CN1C(=O)C=CC1=O.CCCCCCCCC(CCCCCCCCCN1C(=O)C=CC1=O)C(CCCCCCCC)CCCCCCCCCN1C(=O)C=CC1=O.CCCCCCCCC/C=C/CCCCCCCN1C(=O)C=CC1=O.CCN1C(=O)C=CC1=O.CCN1C(=O)C=CC1=O.O=C1C=CC(=O)N1CCCCCCCCCCCN1C(=O)C=CC1=O. The molecule has 27 heteroatoms. The molecular formula is C111H169N9O18. The summed E-state index contributed by atoms with van der Waals surface area (Å²) in [6.07, 6.45) is 96.3. The van der Waals surface area contributed by atoms with E-state index in [4.69, 9.17) is 0 Å². The molecule has 3 atom stereocenters. The molecule has 9 aliphatic rings. The number of likely N-dealkylation sites (N-methyl/N-ethyl adjacent to an activating group) is 2. The maximum absolute atomic E-state index is 11.7. The Balaban J connectivity index is 0.000000380. The van der Waals surface area contributed by atoms with Crippen molar-refractivity contribution < 1.29 is 86.3 Å². The lowest BCUT2D eigenvalue weighted by Crippen LogP contribution is -2.35. The Morgan fingerprint density at radius 3 is 0.507 bits per heavy atom. The van der Waals surface area contributed by atoms with Gasteiger partial charge in [-0.3, -0.25) is 130 Å². The molecule has 0 N–H and O–H groups in total. The Morgan fingerprint density at radius 2 is 0.326 bits per heavy atom. The predicted octanol–water partition coefficient (Wildman–Crippen LogP) is 20.2. The average molecular weight is 1920 g/mol. The maximum Gasteiger partial charge on any atom is 0.253 e. The molecule has 0 saturated carbocycles. The number of carbonyl (C=O) groups excluding carboxylic acids is 18. The van der Waals surface area contributed by atoms with Crippen LogP contribution in [-0.2, 0) is 86.3 Å². The van der Waals surface area contributed by atoms with Crippen molar-refractivity contribution in [3.63, 3.8) is 0 Å². The number of unbranched alkanes of at least 4 members (excludes halogenated alkanes) is 42. The number of imide groups is 9. The van der Waals surface area contributed by atoms with Crippen molar-refractivity contribution in [1.29, 1.82) is 0 Å². The molecule has 138 heavy (non-hydrogen) atoms. The number of rotatable bonds is 71. The van der Waals surface area contributed by atoms with Crippen molar-refractivity contribution in [2.75, 3.05) is 58.9 Å². The Bertz CT molecular complexity index is 3810. The van der Waals surface area contributed by atoms with Crippen molar-refractivity contribution in [2.24, 2.45) is 17.8 Å². The zero-order chi connectivity index (χ0) is 101. The summed E-state index contributed by atoms with van der Waals surface area (Å²) in [5.74, 6) is -1.77. The third-order valence-corrected chi connectivity index (χ3v) is 26.4. The van der Waals surface area contributed by atoms with E-state index in [1.54, 1.807) is 13.8 Å². The quantitative estimate of drug-likeness (QED) is 0.0310. The molecule has 0 aromatic carbocycles. The molecule has 9 heterocycles. The van der Waals surface area contributed by atoms with Gasteiger partial charge in [0.15, 0.2) is 0 Å². The smallest absolute Gasteiger partial charge is 0.253 e. The molecule has 18 amide bonds. The second kappa shape index (κ2) is 74.7. The van der Waals surface area contributed by atoms with Gasteiger partial charge >= 0.3 is 0 Å². The van der Waals surface area contributed by atoms with Gasteiger partial charge in [0.2, 0.25) is 0 Å². The van der Waals surface area contributed by atoms with Crippen LogP contribution in [0.3, 0.4) is 0 Å². The van der Waals surface area contributed by atoms with Gasteiger partial charge in [-0.2, -0.15) is 0 Å². The lowest BCUT2D eigenvalue weighted by Gasteiger charge is -2.28. The molecule has 0 saturated heterocycles. The largest absolute Gasteiger partial charge is 0.276 e. The second-order valence-electron chi connectivity index (χ2n) is 37.6. The average Bonchev–Trinajstić information content (AvgIpc) is 1.71. The minimum atomic E-state index is -0.282. The van der Waals surface area contributed by atoms with Gasteiger partial charge in [-0.25, -0.2) is 0 Å². The third kappa shape index (κ3) is 50.5. The van der Waals surface area contributed by atoms with Crippen molar-refractivity contribution in [3.05, 3.63) is 122 Å². The van der Waals surface area contributed by atoms with Crippen molar-refractivity contribution in [1.82, 2.24) is 44.1 Å². The molecule has 0 spiro atoms. The maximum atomic E-state index is 11.7. The molecule has 0 aliphatic carbocycles. The summed E-state index contributed by atoms with van der Waals surface area (Å²) in [5.41, 5.74) is 0. The van der Waals surface area contributed by atoms with Gasteiger partial charge in [0.1, 0.15) is 0 Å². The first-order valence-corrected chi connectivity index (χ1v) is 53.3. The summed E-state index contributed by atoms with van der Waals surface area (Å²) in [6, 6.07) is 0. The molecule has 766 valence electrons. The Labute approximate surface area is 825 Å². The topological polar surface area (TPSA) is 336 Å². The standard InChI is InChI=1S/C44H76N2O4.C22H37NO2.C19H26N2O4.C14H16N2O4.2C6H7NO2/c1-3-5-7-9-17-23-29-39(31-25-19-13-11-15-21-27-37-45-41(47)33-34-42(45)48)40(30-24-18-10-8-6-4-2)32-26-20-14-12-16-22-28-38-46-43(49)35-36-44(46)50;1-2-3-4-5-6-7-8-9-10-11-12-13-14-15-16-17-20-23-21(24)18-19-22(23)25;22-16-10-11-17(23)20(16)14-8-6-4-2-1-3-5-7-9-15-21-18(24)12-13-19(21)25;1-10(9-16-13(19)6-7-14(16)20)3-2-8-15-11(17)4-5-12(15)18;2*1-2-7-5(8)3-4-6(7)9/h33-36,39-40H,3-32,37-38H2,1-2H3;10-11,18-19H,2-9,12-17,20H2,1H3;10-13H,1-9,14-15H2;4-7,10H,2-3,8-9H2,1H3;2*3-4H,2H2,1H3/b;11-10+;;;;. The van der Waals surface area contributed by atoms with E-state index in [1.165, 1.54) is 404 Å². The van der Waals surface area contributed by atoms with Crippen molar-refractivity contribution in [2.45, 2.75) is 395 Å². The van der Waals surface area contributed by atoms with Crippen LogP contribution in [0.2, 0.25) is 0 Å². The zero-order valence-electron chi connectivity index (χ0n) is 84.9. The van der Waals surface area contributed by atoms with Crippen LogP contribution in [0, 0.1) is 17.8 Å². The number of amides is 18. The second-order valence-corrected chi connectivity index (χ2v) is 37.6. The third-order valence-electron chi connectivity index (χ3n) is 26.4. The highest BCUT2D eigenvalue weighted by molar-refractivity contribution is 6.17. The van der Waals surface area contributed by atoms with Gasteiger partial charge in [0.05, 0.1) is 0 Å². The summed E-state index contributed by atoms with van der Waals surface area (Å²) >= 11 is 0. The summed E-state index contributed by atoms with van der Waals surface area (Å²) in [4.78, 5) is 215. The number of hydrogen-bond donors (Lipinski definition) is 0. The van der Waals surface area contributed by atoms with Gasteiger partial charge in [0.25, 0.3) is 106 Å².